The monoisotopic (exact) mass is 409 g/mol. The first kappa shape index (κ1) is 24.1. The van der Waals surface area contributed by atoms with Crippen molar-refractivity contribution in [3.8, 4) is 5.75 Å². The van der Waals surface area contributed by atoms with E-state index in [-0.39, 0.29) is 18.3 Å². The highest BCUT2D eigenvalue weighted by molar-refractivity contribution is 5.80. The molecule has 1 aromatic rings. The molecule has 0 aliphatic rings. The summed E-state index contributed by atoms with van der Waals surface area (Å²) in [5, 5.41) is 0. The fraction of sp³-hybridized carbons (Fsp3) is 0.500. The van der Waals surface area contributed by atoms with Gasteiger partial charge in [0.1, 0.15) is 24.5 Å². The van der Waals surface area contributed by atoms with Crippen LogP contribution in [0.15, 0.2) is 24.3 Å². The van der Waals surface area contributed by atoms with E-state index in [1.807, 2.05) is 0 Å². The fourth-order valence-corrected chi connectivity index (χ4v) is 2.15. The molecular formula is C20H27NO8. The molecule has 0 fully saturated rings. The van der Waals surface area contributed by atoms with Crippen molar-refractivity contribution in [3.05, 3.63) is 29.8 Å². The van der Waals surface area contributed by atoms with Gasteiger partial charge in [0.2, 0.25) is 6.10 Å². The van der Waals surface area contributed by atoms with Crippen LogP contribution in [-0.4, -0.2) is 42.6 Å². The maximum Gasteiger partial charge on any atom is 0.352 e. The molecule has 0 aromatic heterocycles. The van der Waals surface area contributed by atoms with Crippen molar-refractivity contribution in [2.45, 2.75) is 52.9 Å². The average molecular weight is 409 g/mol. The smallest absolute Gasteiger partial charge is 0.352 e. The third-order valence-electron chi connectivity index (χ3n) is 3.71. The zero-order chi connectivity index (χ0) is 22.1. The van der Waals surface area contributed by atoms with Crippen LogP contribution in [-0.2, 0) is 33.4 Å². The maximum atomic E-state index is 12.4. The van der Waals surface area contributed by atoms with Gasteiger partial charge in [-0.25, -0.2) is 4.79 Å². The standard InChI is InChI=1S/C20H27NO8/c1-11(2)17(21)19(24)27-12(3)10-26-20(25)18(29-14(5)23)15-6-8-16(9-7-15)28-13(4)22/h6-9,11-12,17-18H,10,21H2,1-5H3/t12?,17-,18+/m0/s1. The van der Waals surface area contributed by atoms with Crippen molar-refractivity contribution in [3.63, 3.8) is 0 Å². The predicted octanol–water partition coefficient (Wildman–Crippen LogP) is 1.67. The van der Waals surface area contributed by atoms with Gasteiger partial charge >= 0.3 is 23.9 Å². The lowest BCUT2D eigenvalue weighted by molar-refractivity contribution is -0.172. The number of rotatable bonds is 9. The van der Waals surface area contributed by atoms with Crippen LogP contribution in [0.3, 0.4) is 0 Å². The summed E-state index contributed by atoms with van der Waals surface area (Å²) in [5.74, 6) is -2.43. The van der Waals surface area contributed by atoms with Crippen LogP contribution in [0.4, 0.5) is 0 Å². The Morgan fingerprint density at radius 1 is 0.897 bits per heavy atom. The highest BCUT2D eigenvalue weighted by Crippen LogP contribution is 2.23. The summed E-state index contributed by atoms with van der Waals surface area (Å²) in [4.78, 5) is 46.6. The molecule has 0 amide bonds. The summed E-state index contributed by atoms with van der Waals surface area (Å²) in [7, 11) is 0. The molecule has 29 heavy (non-hydrogen) atoms. The van der Waals surface area contributed by atoms with Crippen LogP contribution in [0, 0.1) is 5.92 Å². The van der Waals surface area contributed by atoms with E-state index in [2.05, 4.69) is 0 Å². The number of hydrogen-bond acceptors (Lipinski definition) is 9. The van der Waals surface area contributed by atoms with E-state index in [0.29, 0.717) is 5.56 Å². The summed E-state index contributed by atoms with van der Waals surface area (Å²) in [6.45, 7) is 7.30. The summed E-state index contributed by atoms with van der Waals surface area (Å²) in [5.41, 5.74) is 6.04. The molecular weight excluding hydrogens is 382 g/mol. The number of ether oxygens (including phenoxy) is 4. The van der Waals surface area contributed by atoms with Crippen molar-refractivity contribution in [2.24, 2.45) is 11.7 Å². The molecule has 0 saturated carbocycles. The minimum atomic E-state index is -1.32. The van der Waals surface area contributed by atoms with Gasteiger partial charge in [-0.3, -0.25) is 14.4 Å². The lowest BCUT2D eigenvalue weighted by Crippen LogP contribution is -2.39. The maximum absolute atomic E-state index is 12.4. The molecule has 0 heterocycles. The van der Waals surface area contributed by atoms with Crippen molar-refractivity contribution in [1.82, 2.24) is 0 Å². The van der Waals surface area contributed by atoms with Gasteiger partial charge in [0, 0.05) is 19.4 Å². The van der Waals surface area contributed by atoms with E-state index < -0.39 is 42.1 Å². The zero-order valence-corrected chi connectivity index (χ0v) is 17.2. The van der Waals surface area contributed by atoms with Crippen LogP contribution in [0.25, 0.3) is 0 Å². The zero-order valence-electron chi connectivity index (χ0n) is 17.2. The first-order chi connectivity index (χ1) is 13.5. The molecule has 160 valence electrons. The van der Waals surface area contributed by atoms with Crippen LogP contribution in [0.5, 0.6) is 5.75 Å². The SMILES string of the molecule is CC(=O)Oc1ccc([C@@H](OC(C)=O)C(=O)OCC(C)OC(=O)[C@@H](N)C(C)C)cc1. The Morgan fingerprint density at radius 2 is 1.48 bits per heavy atom. The Morgan fingerprint density at radius 3 is 1.97 bits per heavy atom. The van der Waals surface area contributed by atoms with Gasteiger partial charge in [0.15, 0.2) is 0 Å². The molecule has 0 saturated heterocycles. The number of carbonyl (C=O) groups is 4. The molecule has 0 aliphatic carbocycles. The first-order valence-electron chi connectivity index (χ1n) is 9.09. The summed E-state index contributed by atoms with van der Waals surface area (Å²) in [6.07, 6.45) is -2.06. The van der Waals surface area contributed by atoms with Crippen molar-refractivity contribution >= 4 is 23.9 Å². The van der Waals surface area contributed by atoms with E-state index in [1.54, 1.807) is 20.8 Å². The van der Waals surface area contributed by atoms with E-state index in [4.69, 9.17) is 24.7 Å². The Bertz CT molecular complexity index is 729. The van der Waals surface area contributed by atoms with Gasteiger partial charge in [-0.05, 0) is 25.0 Å². The Kier molecular flexibility index (Phi) is 9.27. The van der Waals surface area contributed by atoms with E-state index in [1.165, 1.54) is 31.2 Å². The third kappa shape index (κ3) is 8.30. The van der Waals surface area contributed by atoms with Gasteiger partial charge in [-0.1, -0.05) is 26.0 Å². The molecule has 9 nitrogen and oxygen atoms in total. The fourth-order valence-electron chi connectivity index (χ4n) is 2.15. The highest BCUT2D eigenvalue weighted by Gasteiger charge is 2.27. The normalized spacial score (nSPS) is 13.8. The molecule has 0 spiro atoms. The van der Waals surface area contributed by atoms with Crippen LogP contribution >= 0.6 is 0 Å². The lowest BCUT2D eigenvalue weighted by Gasteiger charge is -2.20. The van der Waals surface area contributed by atoms with Crippen molar-refractivity contribution in [2.75, 3.05) is 6.61 Å². The molecule has 1 rings (SSSR count). The Labute approximate surface area is 169 Å². The van der Waals surface area contributed by atoms with E-state index >= 15 is 0 Å². The molecule has 0 radical (unpaired) electrons. The molecule has 2 N–H and O–H groups in total. The third-order valence-corrected chi connectivity index (χ3v) is 3.71. The molecule has 1 unspecified atom stereocenters. The highest BCUT2D eigenvalue weighted by atomic mass is 16.6. The number of nitrogens with two attached hydrogens (primary N) is 1. The van der Waals surface area contributed by atoms with Crippen LogP contribution < -0.4 is 10.5 Å². The van der Waals surface area contributed by atoms with Crippen LogP contribution in [0.2, 0.25) is 0 Å². The molecule has 0 aliphatic heterocycles. The predicted molar refractivity (Wildman–Crippen MR) is 102 cm³/mol. The molecule has 0 bridgehead atoms. The topological polar surface area (TPSA) is 131 Å². The summed E-state index contributed by atoms with van der Waals surface area (Å²) in [6, 6.07) is 5.07. The number of esters is 4. The minimum Gasteiger partial charge on any atom is -0.459 e. The largest absolute Gasteiger partial charge is 0.459 e. The number of benzene rings is 1. The van der Waals surface area contributed by atoms with Crippen LogP contribution in [0.1, 0.15) is 46.3 Å². The van der Waals surface area contributed by atoms with Gasteiger partial charge in [0.25, 0.3) is 0 Å². The van der Waals surface area contributed by atoms with E-state index in [9.17, 15) is 19.2 Å². The first-order valence-corrected chi connectivity index (χ1v) is 9.09. The number of hydrogen-bond donors (Lipinski definition) is 1. The van der Waals surface area contributed by atoms with Crippen molar-refractivity contribution in [1.29, 1.82) is 0 Å². The number of carbonyl (C=O) groups excluding carboxylic acids is 4. The molecule has 3 atom stereocenters. The van der Waals surface area contributed by atoms with Gasteiger partial charge in [-0.2, -0.15) is 0 Å². The quantitative estimate of drug-likeness (QED) is 0.367. The van der Waals surface area contributed by atoms with Gasteiger partial charge in [-0.15, -0.1) is 0 Å². The second kappa shape index (κ2) is 11.2. The summed E-state index contributed by atoms with van der Waals surface area (Å²) < 4.78 is 20.3. The second-order valence-corrected chi connectivity index (χ2v) is 6.80. The molecule has 9 heteroatoms. The second-order valence-electron chi connectivity index (χ2n) is 6.80. The van der Waals surface area contributed by atoms with Gasteiger partial charge < -0.3 is 24.7 Å². The molecule has 1 aromatic carbocycles. The lowest BCUT2D eigenvalue weighted by atomic mass is 10.1. The average Bonchev–Trinajstić information content (AvgIpc) is 2.63. The Balaban J connectivity index is 2.75. The minimum absolute atomic E-state index is 0.0967. The Hall–Kier alpha value is -2.94. The van der Waals surface area contributed by atoms with Gasteiger partial charge in [0.05, 0.1) is 0 Å². The van der Waals surface area contributed by atoms with E-state index in [0.717, 1.165) is 6.92 Å². The summed E-state index contributed by atoms with van der Waals surface area (Å²) >= 11 is 0. The van der Waals surface area contributed by atoms with Crippen molar-refractivity contribution < 1.29 is 38.1 Å².